The van der Waals surface area contributed by atoms with Gasteiger partial charge in [0, 0.05) is 18.7 Å². The highest BCUT2D eigenvalue weighted by atomic mass is 16.3. The molecule has 0 spiro atoms. The molecular formula is C15H24N2O. The minimum atomic E-state index is 0.516. The summed E-state index contributed by atoms with van der Waals surface area (Å²) in [7, 11) is 0. The van der Waals surface area contributed by atoms with Crippen LogP contribution in [0.2, 0.25) is 0 Å². The van der Waals surface area contributed by atoms with Crippen LogP contribution in [0.3, 0.4) is 0 Å². The zero-order valence-electron chi connectivity index (χ0n) is 11.1. The van der Waals surface area contributed by atoms with Crippen molar-refractivity contribution in [2.24, 2.45) is 17.6 Å². The highest BCUT2D eigenvalue weighted by molar-refractivity contribution is 5.16. The van der Waals surface area contributed by atoms with E-state index in [2.05, 4.69) is 11.0 Å². The summed E-state index contributed by atoms with van der Waals surface area (Å²) in [6.45, 7) is 4.06. The monoisotopic (exact) mass is 248 g/mol. The van der Waals surface area contributed by atoms with E-state index in [1.54, 1.807) is 6.26 Å². The SMILES string of the molecule is NCc1occc1CN1CCC2CCCCC2C1. The van der Waals surface area contributed by atoms with Gasteiger partial charge in [0.15, 0.2) is 0 Å². The average molecular weight is 248 g/mol. The smallest absolute Gasteiger partial charge is 0.121 e. The van der Waals surface area contributed by atoms with Crippen molar-refractivity contribution in [3.8, 4) is 0 Å². The maximum atomic E-state index is 5.69. The Labute approximate surface area is 109 Å². The normalized spacial score (nSPS) is 29.2. The Hall–Kier alpha value is -0.800. The predicted octanol–water partition coefficient (Wildman–Crippen LogP) is 2.75. The molecule has 1 saturated heterocycles. The van der Waals surface area contributed by atoms with Crippen LogP contribution in [-0.2, 0) is 13.1 Å². The van der Waals surface area contributed by atoms with Crippen molar-refractivity contribution < 1.29 is 4.42 Å². The van der Waals surface area contributed by atoms with Crippen LogP contribution in [0.5, 0.6) is 0 Å². The second-order valence-corrected chi connectivity index (χ2v) is 5.90. The standard InChI is InChI=1S/C15H24N2O/c16-9-15-14(6-8-18-15)11-17-7-5-12-3-1-2-4-13(12)10-17/h6,8,12-13H,1-5,7,9-11,16H2. The molecule has 0 radical (unpaired) electrons. The molecule has 2 heterocycles. The Morgan fingerprint density at radius 3 is 2.89 bits per heavy atom. The van der Waals surface area contributed by atoms with E-state index in [9.17, 15) is 0 Å². The van der Waals surface area contributed by atoms with Crippen LogP contribution < -0.4 is 5.73 Å². The molecule has 1 saturated carbocycles. The van der Waals surface area contributed by atoms with Gasteiger partial charge in [-0.05, 0) is 37.3 Å². The van der Waals surface area contributed by atoms with Gasteiger partial charge < -0.3 is 10.2 Å². The van der Waals surface area contributed by atoms with E-state index >= 15 is 0 Å². The minimum absolute atomic E-state index is 0.516. The molecule has 1 aromatic heterocycles. The van der Waals surface area contributed by atoms with Gasteiger partial charge >= 0.3 is 0 Å². The van der Waals surface area contributed by atoms with Gasteiger partial charge in [0.1, 0.15) is 5.76 Å². The molecule has 3 nitrogen and oxygen atoms in total. The van der Waals surface area contributed by atoms with Crippen LogP contribution in [0.25, 0.3) is 0 Å². The Morgan fingerprint density at radius 2 is 2.06 bits per heavy atom. The summed E-state index contributed by atoms with van der Waals surface area (Å²) in [6, 6.07) is 2.08. The highest BCUT2D eigenvalue weighted by Crippen LogP contribution is 2.36. The second-order valence-electron chi connectivity index (χ2n) is 5.90. The van der Waals surface area contributed by atoms with E-state index in [0.717, 1.165) is 24.1 Å². The number of hydrogen-bond donors (Lipinski definition) is 1. The van der Waals surface area contributed by atoms with E-state index in [1.807, 2.05) is 0 Å². The average Bonchev–Trinajstić information content (AvgIpc) is 2.86. The van der Waals surface area contributed by atoms with E-state index < -0.39 is 0 Å². The first-order valence-electron chi connectivity index (χ1n) is 7.34. The van der Waals surface area contributed by atoms with Crippen molar-refractivity contribution in [1.82, 2.24) is 4.90 Å². The maximum absolute atomic E-state index is 5.69. The highest BCUT2D eigenvalue weighted by Gasteiger charge is 2.31. The Balaban J connectivity index is 1.61. The summed E-state index contributed by atoms with van der Waals surface area (Å²) in [5.41, 5.74) is 6.98. The van der Waals surface area contributed by atoms with Crippen LogP contribution in [0.15, 0.2) is 16.7 Å². The molecule has 2 aliphatic rings. The first kappa shape index (κ1) is 12.2. The number of likely N-dealkylation sites (tertiary alicyclic amines) is 1. The Kier molecular flexibility index (Phi) is 3.71. The van der Waals surface area contributed by atoms with Gasteiger partial charge in [0.2, 0.25) is 0 Å². The second kappa shape index (κ2) is 5.45. The lowest BCUT2D eigenvalue weighted by atomic mass is 9.75. The number of fused-ring (bicyclic) bond motifs is 1. The zero-order valence-corrected chi connectivity index (χ0v) is 11.1. The third-order valence-corrected chi connectivity index (χ3v) is 4.79. The van der Waals surface area contributed by atoms with Crippen molar-refractivity contribution in [1.29, 1.82) is 0 Å². The van der Waals surface area contributed by atoms with Gasteiger partial charge in [-0.2, -0.15) is 0 Å². The summed E-state index contributed by atoms with van der Waals surface area (Å²) in [4.78, 5) is 2.59. The number of nitrogens with zero attached hydrogens (tertiary/aromatic N) is 1. The summed E-state index contributed by atoms with van der Waals surface area (Å²) < 4.78 is 5.41. The largest absolute Gasteiger partial charge is 0.468 e. The van der Waals surface area contributed by atoms with Gasteiger partial charge in [-0.3, -0.25) is 4.90 Å². The van der Waals surface area contributed by atoms with Crippen LogP contribution in [-0.4, -0.2) is 18.0 Å². The molecule has 0 aromatic carbocycles. The molecule has 0 amide bonds. The topological polar surface area (TPSA) is 42.4 Å². The van der Waals surface area contributed by atoms with Crippen molar-refractivity contribution in [3.05, 3.63) is 23.7 Å². The molecule has 1 aliphatic heterocycles. The van der Waals surface area contributed by atoms with Gasteiger partial charge in [0.05, 0.1) is 12.8 Å². The molecule has 100 valence electrons. The number of rotatable bonds is 3. The van der Waals surface area contributed by atoms with Crippen molar-refractivity contribution in [3.63, 3.8) is 0 Å². The molecule has 2 atom stereocenters. The van der Waals surface area contributed by atoms with E-state index in [1.165, 1.54) is 50.8 Å². The van der Waals surface area contributed by atoms with E-state index in [4.69, 9.17) is 10.2 Å². The first-order chi connectivity index (χ1) is 8.86. The molecular weight excluding hydrogens is 224 g/mol. The van der Waals surface area contributed by atoms with E-state index in [0.29, 0.717) is 6.54 Å². The van der Waals surface area contributed by atoms with Crippen molar-refractivity contribution >= 4 is 0 Å². The lowest BCUT2D eigenvalue weighted by Crippen LogP contribution is -2.41. The molecule has 3 rings (SSSR count). The molecule has 2 unspecified atom stereocenters. The molecule has 3 heteroatoms. The number of hydrogen-bond acceptors (Lipinski definition) is 3. The maximum Gasteiger partial charge on any atom is 0.121 e. The molecule has 0 bridgehead atoms. The quantitative estimate of drug-likeness (QED) is 0.894. The molecule has 18 heavy (non-hydrogen) atoms. The fourth-order valence-corrected chi connectivity index (χ4v) is 3.75. The third-order valence-electron chi connectivity index (χ3n) is 4.79. The van der Waals surface area contributed by atoms with Crippen molar-refractivity contribution in [2.45, 2.75) is 45.2 Å². The summed E-state index contributed by atoms with van der Waals surface area (Å²) in [5.74, 6) is 2.91. The fourth-order valence-electron chi connectivity index (χ4n) is 3.75. The fraction of sp³-hybridized carbons (Fsp3) is 0.733. The van der Waals surface area contributed by atoms with Crippen LogP contribution in [0.1, 0.15) is 43.4 Å². The summed E-state index contributed by atoms with van der Waals surface area (Å²) >= 11 is 0. The molecule has 1 aromatic rings. The van der Waals surface area contributed by atoms with Gasteiger partial charge in [0.25, 0.3) is 0 Å². The lowest BCUT2D eigenvalue weighted by Gasteiger charge is -2.41. The van der Waals surface area contributed by atoms with Crippen LogP contribution in [0, 0.1) is 11.8 Å². The predicted molar refractivity (Wildman–Crippen MR) is 71.9 cm³/mol. The molecule has 2 fully saturated rings. The van der Waals surface area contributed by atoms with E-state index in [-0.39, 0.29) is 0 Å². The van der Waals surface area contributed by atoms with Gasteiger partial charge in [-0.25, -0.2) is 0 Å². The zero-order chi connectivity index (χ0) is 12.4. The Bertz CT molecular complexity index is 388. The lowest BCUT2D eigenvalue weighted by molar-refractivity contribution is 0.0817. The number of nitrogens with two attached hydrogens (primary N) is 1. The summed E-state index contributed by atoms with van der Waals surface area (Å²) in [6.07, 6.45) is 8.97. The van der Waals surface area contributed by atoms with Crippen LogP contribution in [0.4, 0.5) is 0 Å². The molecule has 1 aliphatic carbocycles. The number of furan rings is 1. The first-order valence-corrected chi connectivity index (χ1v) is 7.34. The number of piperidine rings is 1. The van der Waals surface area contributed by atoms with Gasteiger partial charge in [-0.15, -0.1) is 0 Å². The Morgan fingerprint density at radius 1 is 1.22 bits per heavy atom. The van der Waals surface area contributed by atoms with Gasteiger partial charge in [-0.1, -0.05) is 19.3 Å². The third kappa shape index (κ3) is 2.47. The molecule has 2 N–H and O–H groups in total. The van der Waals surface area contributed by atoms with Crippen LogP contribution >= 0.6 is 0 Å². The minimum Gasteiger partial charge on any atom is -0.468 e. The van der Waals surface area contributed by atoms with Crippen molar-refractivity contribution in [2.75, 3.05) is 13.1 Å². The summed E-state index contributed by atoms with van der Waals surface area (Å²) in [5, 5.41) is 0.